The number of piperidine rings is 1. The molecule has 1 aliphatic rings. The van der Waals surface area contributed by atoms with Crippen LogP contribution < -0.4 is 10.6 Å². The van der Waals surface area contributed by atoms with Crippen molar-refractivity contribution < 1.29 is 4.79 Å². The molecule has 4 heteroatoms. The van der Waals surface area contributed by atoms with E-state index in [4.69, 9.17) is 0 Å². The summed E-state index contributed by atoms with van der Waals surface area (Å²) in [7, 11) is 0. The van der Waals surface area contributed by atoms with Gasteiger partial charge in [0.2, 0.25) is 5.91 Å². The number of nitrogens with zero attached hydrogens (tertiary/aromatic N) is 1. The van der Waals surface area contributed by atoms with Crippen LogP contribution in [-0.2, 0) is 4.79 Å². The Hall–Kier alpha value is -1.42. The Kier molecular flexibility index (Phi) is 4.31. The average Bonchev–Trinajstić information content (AvgIpc) is 2.41. The molecule has 0 aromatic carbocycles. The summed E-state index contributed by atoms with van der Waals surface area (Å²) < 4.78 is 0. The minimum absolute atomic E-state index is 0.0590. The molecule has 1 aromatic rings. The predicted octanol–water partition coefficient (Wildman–Crippen LogP) is 2.11. The van der Waals surface area contributed by atoms with Crippen molar-refractivity contribution >= 4 is 11.6 Å². The molecule has 18 heavy (non-hydrogen) atoms. The van der Waals surface area contributed by atoms with Gasteiger partial charge in [0.1, 0.15) is 0 Å². The first-order valence-electron chi connectivity index (χ1n) is 6.65. The summed E-state index contributed by atoms with van der Waals surface area (Å²) >= 11 is 0. The first-order valence-corrected chi connectivity index (χ1v) is 6.65. The highest BCUT2D eigenvalue weighted by Gasteiger charge is 2.25. The molecule has 98 valence electrons. The Morgan fingerprint density at radius 1 is 1.61 bits per heavy atom. The molecule has 2 unspecified atom stereocenters. The second-order valence-electron chi connectivity index (χ2n) is 4.99. The Morgan fingerprint density at radius 3 is 3.17 bits per heavy atom. The lowest BCUT2D eigenvalue weighted by molar-refractivity contribution is -0.119. The quantitative estimate of drug-likeness (QED) is 0.860. The van der Waals surface area contributed by atoms with Crippen molar-refractivity contribution in [3.8, 4) is 0 Å². The lowest BCUT2D eigenvalue weighted by Crippen LogP contribution is -2.46. The molecule has 2 heterocycles. The molecule has 0 radical (unpaired) electrons. The van der Waals surface area contributed by atoms with Gasteiger partial charge in [-0.1, -0.05) is 13.3 Å². The number of aryl methyl sites for hydroxylation is 1. The third-order valence-electron chi connectivity index (χ3n) is 3.68. The zero-order chi connectivity index (χ0) is 13.0. The zero-order valence-corrected chi connectivity index (χ0v) is 11.1. The van der Waals surface area contributed by atoms with Gasteiger partial charge in [-0.15, -0.1) is 0 Å². The number of nitrogens with one attached hydrogen (secondary N) is 2. The van der Waals surface area contributed by atoms with E-state index in [-0.39, 0.29) is 11.9 Å². The summed E-state index contributed by atoms with van der Waals surface area (Å²) in [6.07, 6.45) is 6.73. The molecule has 1 amide bonds. The van der Waals surface area contributed by atoms with Crippen molar-refractivity contribution in [2.45, 2.75) is 39.2 Å². The first-order chi connectivity index (χ1) is 8.70. The molecule has 1 saturated heterocycles. The fourth-order valence-corrected chi connectivity index (χ4v) is 2.40. The molecule has 0 aliphatic carbocycles. The van der Waals surface area contributed by atoms with Crippen molar-refractivity contribution in [1.82, 2.24) is 10.3 Å². The number of hydrogen-bond donors (Lipinski definition) is 2. The van der Waals surface area contributed by atoms with Gasteiger partial charge in [-0.25, -0.2) is 0 Å². The second kappa shape index (κ2) is 5.96. The van der Waals surface area contributed by atoms with E-state index in [0.717, 1.165) is 30.6 Å². The maximum Gasteiger partial charge on any atom is 0.241 e. The zero-order valence-electron chi connectivity index (χ0n) is 11.1. The van der Waals surface area contributed by atoms with Gasteiger partial charge in [0.25, 0.3) is 0 Å². The Bertz CT molecular complexity index is 419. The Balaban J connectivity index is 1.97. The van der Waals surface area contributed by atoms with Crippen molar-refractivity contribution in [2.75, 3.05) is 11.9 Å². The third kappa shape index (κ3) is 3.07. The molecule has 2 N–H and O–H groups in total. The first kappa shape index (κ1) is 13.0. The van der Waals surface area contributed by atoms with E-state index in [1.165, 1.54) is 6.42 Å². The standard InChI is InChI=1S/C14H21N3O/c1-3-11-4-7-16-13(8-11)14(18)17-12-5-6-15-9-10(12)2/h5-6,9,11,13,16H,3-4,7-8H2,1-2H3,(H,15,17,18). The summed E-state index contributed by atoms with van der Waals surface area (Å²) in [6.45, 7) is 5.08. The maximum atomic E-state index is 12.2. The van der Waals surface area contributed by atoms with Crippen LogP contribution in [0.25, 0.3) is 0 Å². The summed E-state index contributed by atoms with van der Waals surface area (Å²) in [4.78, 5) is 16.2. The Morgan fingerprint density at radius 2 is 2.44 bits per heavy atom. The van der Waals surface area contributed by atoms with Crippen molar-refractivity contribution in [1.29, 1.82) is 0 Å². The van der Waals surface area contributed by atoms with Gasteiger partial charge in [-0.05, 0) is 43.9 Å². The van der Waals surface area contributed by atoms with Gasteiger partial charge < -0.3 is 10.6 Å². The normalized spacial score (nSPS) is 23.7. The van der Waals surface area contributed by atoms with E-state index in [1.54, 1.807) is 12.4 Å². The number of carbonyl (C=O) groups is 1. The molecule has 1 aliphatic heterocycles. The van der Waals surface area contributed by atoms with Crippen LogP contribution >= 0.6 is 0 Å². The predicted molar refractivity (Wildman–Crippen MR) is 72.4 cm³/mol. The highest BCUT2D eigenvalue weighted by Crippen LogP contribution is 2.20. The van der Waals surface area contributed by atoms with Crippen LogP contribution in [0.1, 0.15) is 31.7 Å². The molecule has 1 aromatic heterocycles. The van der Waals surface area contributed by atoms with Crippen LogP contribution in [0.3, 0.4) is 0 Å². The number of hydrogen-bond acceptors (Lipinski definition) is 3. The van der Waals surface area contributed by atoms with Crippen molar-refractivity contribution in [3.05, 3.63) is 24.0 Å². The maximum absolute atomic E-state index is 12.2. The lowest BCUT2D eigenvalue weighted by Gasteiger charge is -2.29. The second-order valence-corrected chi connectivity index (χ2v) is 4.99. The molecule has 1 fully saturated rings. The Labute approximate surface area is 108 Å². The lowest BCUT2D eigenvalue weighted by atomic mass is 9.90. The van der Waals surface area contributed by atoms with Gasteiger partial charge >= 0.3 is 0 Å². The smallest absolute Gasteiger partial charge is 0.241 e. The molecule has 0 saturated carbocycles. The summed E-state index contributed by atoms with van der Waals surface area (Å²) in [5.74, 6) is 0.739. The monoisotopic (exact) mass is 247 g/mol. The summed E-state index contributed by atoms with van der Waals surface area (Å²) in [5, 5.41) is 6.28. The average molecular weight is 247 g/mol. The van der Waals surface area contributed by atoms with Crippen LogP contribution in [0.2, 0.25) is 0 Å². The van der Waals surface area contributed by atoms with Crippen LogP contribution in [0, 0.1) is 12.8 Å². The number of amides is 1. The molecule has 2 rings (SSSR count). The van der Waals surface area contributed by atoms with Gasteiger partial charge in [0.05, 0.1) is 6.04 Å². The number of aromatic nitrogens is 1. The fraction of sp³-hybridized carbons (Fsp3) is 0.571. The summed E-state index contributed by atoms with van der Waals surface area (Å²) in [5.41, 5.74) is 1.85. The van der Waals surface area contributed by atoms with E-state index in [0.29, 0.717) is 5.92 Å². The highest BCUT2D eigenvalue weighted by atomic mass is 16.2. The van der Waals surface area contributed by atoms with E-state index in [9.17, 15) is 4.79 Å². The van der Waals surface area contributed by atoms with E-state index in [1.807, 2.05) is 13.0 Å². The SMILES string of the molecule is CCC1CCNC(C(=O)Nc2ccncc2C)C1. The van der Waals surface area contributed by atoms with Crippen LogP contribution in [0.5, 0.6) is 0 Å². The topological polar surface area (TPSA) is 54.0 Å². The highest BCUT2D eigenvalue weighted by molar-refractivity contribution is 5.95. The van der Waals surface area contributed by atoms with E-state index >= 15 is 0 Å². The fourth-order valence-electron chi connectivity index (χ4n) is 2.40. The van der Waals surface area contributed by atoms with Crippen LogP contribution in [0.4, 0.5) is 5.69 Å². The van der Waals surface area contributed by atoms with Gasteiger partial charge in [0, 0.05) is 18.1 Å². The van der Waals surface area contributed by atoms with Crippen LogP contribution in [-0.4, -0.2) is 23.5 Å². The van der Waals surface area contributed by atoms with Crippen LogP contribution in [0.15, 0.2) is 18.5 Å². The van der Waals surface area contributed by atoms with Gasteiger partial charge in [0.15, 0.2) is 0 Å². The van der Waals surface area contributed by atoms with Gasteiger partial charge in [-0.3, -0.25) is 9.78 Å². The van der Waals surface area contributed by atoms with Crippen molar-refractivity contribution in [3.63, 3.8) is 0 Å². The van der Waals surface area contributed by atoms with E-state index in [2.05, 4.69) is 22.5 Å². The minimum atomic E-state index is -0.0590. The van der Waals surface area contributed by atoms with Crippen molar-refractivity contribution in [2.24, 2.45) is 5.92 Å². The number of rotatable bonds is 3. The molecule has 0 bridgehead atoms. The molecular formula is C14H21N3O. The number of pyridine rings is 1. The third-order valence-corrected chi connectivity index (χ3v) is 3.68. The van der Waals surface area contributed by atoms with E-state index < -0.39 is 0 Å². The number of anilines is 1. The molecular weight excluding hydrogens is 226 g/mol. The summed E-state index contributed by atoms with van der Waals surface area (Å²) in [6, 6.07) is 1.78. The number of carbonyl (C=O) groups excluding carboxylic acids is 1. The molecule has 4 nitrogen and oxygen atoms in total. The van der Waals surface area contributed by atoms with Gasteiger partial charge in [-0.2, -0.15) is 0 Å². The minimum Gasteiger partial charge on any atom is -0.324 e. The largest absolute Gasteiger partial charge is 0.324 e. The molecule has 0 spiro atoms. The molecule has 2 atom stereocenters.